The lowest BCUT2D eigenvalue weighted by molar-refractivity contribution is 0.181. The van der Waals surface area contributed by atoms with E-state index in [0.717, 1.165) is 5.69 Å². The molecular weight excluding hydrogens is 331 g/mol. The molecule has 1 aromatic heterocycles. The van der Waals surface area contributed by atoms with Crippen LogP contribution in [-0.2, 0) is 10.2 Å². The summed E-state index contributed by atoms with van der Waals surface area (Å²) in [4.78, 5) is 19.3. The smallest absolute Gasteiger partial charge is 0.264 e. The molecule has 0 fully saturated rings. The molecule has 1 N–H and O–H groups in total. The van der Waals surface area contributed by atoms with Crippen LogP contribution >= 0.6 is 22.6 Å². The van der Waals surface area contributed by atoms with Crippen LogP contribution < -0.4 is 5.56 Å². The maximum Gasteiger partial charge on any atom is 0.264 e. The van der Waals surface area contributed by atoms with Gasteiger partial charge in [-0.3, -0.25) is 4.79 Å². The maximum atomic E-state index is 11.9. The summed E-state index contributed by atoms with van der Waals surface area (Å²) in [6.45, 7) is 8.71. The first-order chi connectivity index (χ1) is 7.77. The first kappa shape index (κ1) is 14.6. The van der Waals surface area contributed by atoms with Crippen molar-refractivity contribution in [1.82, 2.24) is 9.97 Å². The molecule has 0 aliphatic carbocycles. The van der Waals surface area contributed by atoms with Gasteiger partial charge in [-0.1, -0.05) is 27.7 Å². The number of H-pyrrole nitrogens is 1. The van der Waals surface area contributed by atoms with E-state index in [9.17, 15) is 4.79 Å². The zero-order chi connectivity index (χ0) is 13.2. The van der Waals surface area contributed by atoms with E-state index in [1.807, 2.05) is 6.92 Å². The van der Waals surface area contributed by atoms with E-state index in [1.54, 1.807) is 7.11 Å². The van der Waals surface area contributed by atoms with Crippen LogP contribution in [-0.4, -0.2) is 23.7 Å². The van der Waals surface area contributed by atoms with Gasteiger partial charge in [0.05, 0.1) is 12.3 Å². The van der Waals surface area contributed by atoms with Crippen molar-refractivity contribution in [2.24, 2.45) is 0 Å². The van der Waals surface area contributed by atoms with Gasteiger partial charge in [-0.2, -0.15) is 0 Å². The molecule has 1 aromatic rings. The highest BCUT2D eigenvalue weighted by Crippen LogP contribution is 2.24. The fourth-order valence-corrected chi connectivity index (χ4v) is 2.60. The predicted molar refractivity (Wildman–Crippen MR) is 76.6 cm³/mol. The van der Waals surface area contributed by atoms with Crippen molar-refractivity contribution in [3.8, 4) is 0 Å². The SMILES string of the molecule is COCC(C)c1nc(C(C)(C)C)c(I)c(=O)[nH]1. The quantitative estimate of drug-likeness (QED) is 0.852. The monoisotopic (exact) mass is 350 g/mol. The molecule has 0 saturated carbocycles. The maximum absolute atomic E-state index is 11.9. The lowest BCUT2D eigenvalue weighted by Crippen LogP contribution is -2.26. The number of halogens is 1. The van der Waals surface area contributed by atoms with Crippen LogP contribution in [0.25, 0.3) is 0 Å². The molecule has 1 rings (SSSR count). The Morgan fingerprint density at radius 1 is 1.47 bits per heavy atom. The molecule has 1 heterocycles. The molecule has 1 atom stereocenters. The van der Waals surface area contributed by atoms with Gasteiger partial charge in [0.1, 0.15) is 9.39 Å². The Hall–Kier alpha value is -0.430. The molecule has 0 spiro atoms. The number of rotatable bonds is 3. The van der Waals surface area contributed by atoms with Crippen LogP contribution in [0.3, 0.4) is 0 Å². The molecule has 96 valence electrons. The number of aromatic nitrogens is 2. The number of ether oxygens (including phenoxy) is 1. The van der Waals surface area contributed by atoms with E-state index in [1.165, 1.54) is 0 Å². The standard InChI is InChI=1S/C12H19IN2O2/c1-7(6-17-5)10-14-9(12(2,3)4)8(13)11(16)15-10/h7H,6H2,1-5H3,(H,14,15,16). The summed E-state index contributed by atoms with van der Waals surface area (Å²) in [6, 6.07) is 0. The average molecular weight is 350 g/mol. The van der Waals surface area contributed by atoms with Gasteiger partial charge in [0.25, 0.3) is 5.56 Å². The van der Waals surface area contributed by atoms with E-state index in [0.29, 0.717) is 16.0 Å². The average Bonchev–Trinajstić information content (AvgIpc) is 2.20. The summed E-state index contributed by atoms with van der Waals surface area (Å²) in [6.07, 6.45) is 0. The van der Waals surface area contributed by atoms with Gasteiger partial charge < -0.3 is 9.72 Å². The first-order valence-corrected chi connectivity index (χ1v) is 6.64. The number of hydrogen-bond donors (Lipinski definition) is 1. The fourth-order valence-electron chi connectivity index (χ4n) is 1.54. The Bertz CT molecular complexity index is 449. The molecule has 0 saturated heterocycles. The van der Waals surface area contributed by atoms with Gasteiger partial charge in [-0.05, 0) is 22.6 Å². The van der Waals surface area contributed by atoms with E-state index >= 15 is 0 Å². The third-order valence-electron chi connectivity index (χ3n) is 2.47. The van der Waals surface area contributed by atoms with E-state index in [2.05, 4.69) is 53.3 Å². The van der Waals surface area contributed by atoms with E-state index in [-0.39, 0.29) is 16.9 Å². The molecule has 4 nitrogen and oxygen atoms in total. The van der Waals surface area contributed by atoms with Gasteiger partial charge in [0.2, 0.25) is 0 Å². The van der Waals surface area contributed by atoms with Crippen LogP contribution in [0.4, 0.5) is 0 Å². The molecule has 0 amide bonds. The zero-order valence-corrected chi connectivity index (χ0v) is 13.1. The molecule has 0 aromatic carbocycles. The molecule has 0 aliphatic heterocycles. The van der Waals surface area contributed by atoms with Gasteiger partial charge in [0.15, 0.2) is 0 Å². The van der Waals surface area contributed by atoms with Crippen LogP contribution in [0.15, 0.2) is 4.79 Å². The second-order valence-corrected chi connectivity index (χ2v) is 6.30. The van der Waals surface area contributed by atoms with Crippen LogP contribution in [0, 0.1) is 3.57 Å². The molecule has 5 heteroatoms. The Kier molecular flexibility index (Phi) is 4.71. The van der Waals surface area contributed by atoms with Crippen LogP contribution in [0.2, 0.25) is 0 Å². The summed E-state index contributed by atoms with van der Waals surface area (Å²) < 4.78 is 5.76. The lowest BCUT2D eigenvalue weighted by Gasteiger charge is -2.21. The molecule has 1 unspecified atom stereocenters. The summed E-state index contributed by atoms with van der Waals surface area (Å²) in [7, 11) is 1.64. The zero-order valence-electron chi connectivity index (χ0n) is 10.9. The van der Waals surface area contributed by atoms with Crippen molar-refractivity contribution in [1.29, 1.82) is 0 Å². The van der Waals surface area contributed by atoms with Crippen molar-refractivity contribution >= 4 is 22.6 Å². The summed E-state index contributed by atoms with van der Waals surface area (Å²) >= 11 is 2.05. The minimum Gasteiger partial charge on any atom is -0.384 e. The molecule has 0 radical (unpaired) electrons. The van der Waals surface area contributed by atoms with Gasteiger partial charge in [0, 0.05) is 18.4 Å². The summed E-state index contributed by atoms with van der Waals surface area (Å²) in [5.41, 5.74) is 0.648. The number of hydrogen-bond acceptors (Lipinski definition) is 3. The normalized spacial score (nSPS) is 13.8. The van der Waals surface area contributed by atoms with Crippen molar-refractivity contribution in [3.05, 3.63) is 25.4 Å². The molecular formula is C12H19IN2O2. The first-order valence-electron chi connectivity index (χ1n) is 5.56. The van der Waals surface area contributed by atoms with Crippen LogP contribution in [0.5, 0.6) is 0 Å². The minimum atomic E-state index is -0.133. The highest BCUT2D eigenvalue weighted by molar-refractivity contribution is 14.1. The number of methoxy groups -OCH3 is 1. The lowest BCUT2D eigenvalue weighted by atomic mass is 9.92. The van der Waals surface area contributed by atoms with E-state index in [4.69, 9.17) is 4.74 Å². The number of nitrogens with one attached hydrogen (secondary N) is 1. The Morgan fingerprint density at radius 3 is 2.53 bits per heavy atom. The highest BCUT2D eigenvalue weighted by atomic mass is 127. The Labute approximate surface area is 115 Å². The Balaban J connectivity index is 3.29. The van der Waals surface area contributed by atoms with Crippen LogP contribution in [0.1, 0.15) is 45.1 Å². The topological polar surface area (TPSA) is 55.0 Å². The summed E-state index contributed by atoms with van der Waals surface area (Å²) in [5.74, 6) is 0.785. The highest BCUT2D eigenvalue weighted by Gasteiger charge is 2.23. The molecule has 0 aliphatic rings. The van der Waals surface area contributed by atoms with Gasteiger partial charge >= 0.3 is 0 Å². The molecule has 17 heavy (non-hydrogen) atoms. The van der Waals surface area contributed by atoms with E-state index < -0.39 is 0 Å². The van der Waals surface area contributed by atoms with Crippen molar-refractivity contribution in [2.45, 2.75) is 39.0 Å². The predicted octanol–water partition coefficient (Wildman–Crippen LogP) is 2.42. The third-order valence-corrected chi connectivity index (χ3v) is 3.48. The number of aromatic amines is 1. The van der Waals surface area contributed by atoms with Crippen molar-refractivity contribution < 1.29 is 4.74 Å². The van der Waals surface area contributed by atoms with Gasteiger partial charge in [-0.15, -0.1) is 0 Å². The third kappa shape index (κ3) is 3.51. The molecule has 0 bridgehead atoms. The van der Waals surface area contributed by atoms with Crippen molar-refractivity contribution in [2.75, 3.05) is 13.7 Å². The summed E-state index contributed by atoms with van der Waals surface area (Å²) in [5, 5.41) is 0. The largest absolute Gasteiger partial charge is 0.384 e. The Morgan fingerprint density at radius 2 is 2.06 bits per heavy atom. The fraction of sp³-hybridized carbons (Fsp3) is 0.667. The van der Waals surface area contributed by atoms with Crippen molar-refractivity contribution in [3.63, 3.8) is 0 Å². The van der Waals surface area contributed by atoms with Gasteiger partial charge in [-0.25, -0.2) is 4.98 Å². The second kappa shape index (κ2) is 5.48. The minimum absolute atomic E-state index is 0.0662. The second-order valence-electron chi connectivity index (χ2n) is 5.22. The number of nitrogens with zero attached hydrogens (tertiary/aromatic N) is 1.